The Morgan fingerprint density at radius 3 is 2.60 bits per heavy atom. The molecular weight excluding hydrogens is 274 g/mol. The first-order chi connectivity index (χ1) is 9.45. The van der Waals surface area contributed by atoms with Gasteiger partial charge in [-0.15, -0.1) is 11.6 Å². The molecule has 110 valence electrons. The smallest absolute Gasteiger partial charge is 0.254 e. The quantitative estimate of drug-likeness (QED) is 0.802. The van der Waals surface area contributed by atoms with E-state index < -0.39 is 0 Å². The molecule has 1 saturated heterocycles. The molecule has 1 atom stereocenters. The molecule has 1 fully saturated rings. The molecule has 0 aliphatic carbocycles. The highest BCUT2D eigenvalue weighted by Crippen LogP contribution is 2.23. The first-order valence-corrected chi connectivity index (χ1v) is 7.60. The van der Waals surface area contributed by atoms with E-state index >= 15 is 0 Å². The third-order valence-electron chi connectivity index (χ3n) is 3.55. The van der Waals surface area contributed by atoms with E-state index in [0.29, 0.717) is 19.0 Å². The van der Waals surface area contributed by atoms with Gasteiger partial charge in [-0.3, -0.25) is 4.79 Å². The maximum absolute atomic E-state index is 12.6. The van der Waals surface area contributed by atoms with Crippen LogP contribution in [0.1, 0.15) is 36.7 Å². The Hall–Kier alpha value is -1.06. The van der Waals surface area contributed by atoms with Crippen LogP contribution in [-0.2, 0) is 11.2 Å². The standard InChI is InChI=1S/C16H22ClNO2/c1-4-12-5-7-13(8-6-12)15(19)18-10-14(9-17)20-16(2,3)11-18/h5-8,14H,4,9-11H2,1-3H3. The summed E-state index contributed by atoms with van der Waals surface area (Å²) in [4.78, 5) is 14.4. The van der Waals surface area contributed by atoms with Crippen LogP contribution >= 0.6 is 11.6 Å². The van der Waals surface area contributed by atoms with Crippen LogP contribution in [-0.4, -0.2) is 41.5 Å². The molecule has 1 heterocycles. The Morgan fingerprint density at radius 2 is 2.05 bits per heavy atom. The zero-order valence-electron chi connectivity index (χ0n) is 12.4. The lowest BCUT2D eigenvalue weighted by atomic mass is 10.0. The Labute approximate surface area is 125 Å². The number of morpholine rings is 1. The molecule has 4 heteroatoms. The summed E-state index contributed by atoms with van der Waals surface area (Å²) in [5.41, 5.74) is 1.62. The van der Waals surface area contributed by atoms with E-state index in [-0.39, 0.29) is 17.6 Å². The molecule has 1 aliphatic rings. The summed E-state index contributed by atoms with van der Waals surface area (Å²) in [5.74, 6) is 0.460. The minimum atomic E-state index is -0.350. The Bertz CT molecular complexity index is 470. The largest absolute Gasteiger partial charge is 0.367 e. The Balaban J connectivity index is 2.14. The van der Waals surface area contributed by atoms with Crippen LogP contribution in [0.5, 0.6) is 0 Å². The van der Waals surface area contributed by atoms with Gasteiger partial charge in [0.2, 0.25) is 0 Å². The van der Waals surface area contributed by atoms with Crippen LogP contribution in [0.3, 0.4) is 0 Å². The van der Waals surface area contributed by atoms with Crippen LogP contribution in [0.15, 0.2) is 24.3 Å². The summed E-state index contributed by atoms with van der Waals surface area (Å²) >= 11 is 5.90. The fraction of sp³-hybridized carbons (Fsp3) is 0.562. The highest BCUT2D eigenvalue weighted by atomic mass is 35.5. The topological polar surface area (TPSA) is 29.5 Å². The number of carbonyl (C=O) groups is 1. The summed E-state index contributed by atoms with van der Waals surface area (Å²) in [6, 6.07) is 7.83. The molecule has 2 rings (SSSR count). The molecule has 0 N–H and O–H groups in total. The summed E-state index contributed by atoms with van der Waals surface area (Å²) in [7, 11) is 0. The van der Waals surface area contributed by atoms with Crippen LogP contribution < -0.4 is 0 Å². The van der Waals surface area contributed by atoms with Gasteiger partial charge in [0.15, 0.2) is 0 Å². The second-order valence-corrected chi connectivity index (χ2v) is 6.20. The number of nitrogens with zero attached hydrogens (tertiary/aromatic N) is 1. The molecule has 1 aliphatic heterocycles. The van der Waals surface area contributed by atoms with Crippen molar-refractivity contribution in [1.29, 1.82) is 0 Å². The molecule has 3 nitrogen and oxygen atoms in total. The van der Waals surface area contributed by atoms with E-state index in [1.807, 2.05) is 43.0 Å². The summed E-state index contributed by atoms with van der Waals surface area (Å²) in [6.07, 6.45) is 0.882. The SMILES string of the molecule is CCc1ccc(C(=O)N2CC(CCl)OC(C)(C)C2)cc1. The number of alkyl halides is 1. The Kier molecular flexibility index (Phi) is 4.71. The molecule has 1 amide bonds. The second-order valence-electron chi connectivity index (χ2n) is 5.89. The van der Waals surface area contributed by atoms with E-state index in [4.69, 9.17) is 16.3 Å². The first kappa shape index (κ1) is 15.3. The van der Waals surface area contributed by atoms with E-state index in [1.165, 1.54) is 5.56 Å². The number of ether oxygens (including phenoxy) is 1. The van der Waals surface area contributed by atoms with Crippen molar-refractivity contribution in [3.8, 4) is 0 Å². The van der Waals surface area contributed by atoms with Crippen molar-refractivity contribution in [1.82, 2.24) is 4.90 Å². The maximum Gasteiger partial charge on any atom is 0.254 e. The molecule has 20 heavy (non-hydrogen) atoms. The molecule has 0 spiro atoms. The number of benzene rings is 1. The van der Waals surface area contributed by atoms with Crippen LogP contribution in [0.25, 0.3) is 0 Å². The zero-order valence-corrected chi connectivity index (χ0v) is 13.1. The van der Waals surface area contributed by atoms with E-state index in [2.05, 4.69) is 6.92 Å². The normalized spacial score (nSPS) is 21.8. The van der Waals surface area contributed by atoms with Gasteiger partial charge in [-0.05, 0) is 38.0 Å². The van der Waals surface area contributed by atoms with E-state index in [0.717, 1.165) is 12.0 Å². The minimum Gasteiger partial charge on any atom is -0.367 e. The predicted octanol–water partition coefficient (Wildman–Crippen LogP) is 3.11. The number of aryl methyl sites for hydroxylation is 1. The molecule has 0 saturated carbocycles. The zero-order chi connectivity index (χ0) is 14.8. The fourth-order valence-corrected chi connectivity index (χ4v) is 2.76. The lowest BCUT2D eigenvalue weighted by molar-refractivity contribution is -0.117. The molecule has 1 aromatic rings. The van der Waals surface area contributed by atoms with Crippen molar-refractivity contribution in [3.63, 3.8) is 0 Å². The molecule has 0 bridgehead atoms. The van der Waals surface area contributed by atoms with Crippen molar-refractivity contribution in [2.45, 2.75) is 38.9 Å². The highest BCUT2D eigenvalue weighted by molar-refractivity contribution is 6.18. The Morgan fingerprint density at radius 1 is 1.40 bits per heavy atom. The van der Waals surface area contributed by atoms with E-state index in [9.17, 15) is 4.79 Å². The van der Waals surface area contributed by atoms with Crippen molar-refractivity contribution < 1.29 is 9.53 Å². The lowest BCUT2D eigenvalue weighted by Crippen LogP contribution is -2.55. The number of amides is 1. The number of halogens is 1. The number of carbonyl (C=O) groups excluding carboxylic acids is 1. The van der Waals surface area contributed by atoms with Crippen LogP contribution in [0.4, 0.5) is 0 Å². The molecule has 1 unspecified atom stereocenters. The van der Waals surface area contributed by atoms with Gasteiger partial charge in [-0.1, -0.05) is 19.1 Å². The monoisotopic (exact) mass is 295 g/mol. The minimum absolute atomic E-state index is 0.0548. The first-order valence-electron chi connectivity index (χ1n) is 7.07. The van der Waals surface area contributed by atoms with E-state index in [1.54, 1.807) is 0 Å². The van der Waals surface area contributed by atoms with Crippen molar-refractivity contribution in [2.24, 2.45) is 0 Å². The third-order valence-corrected chi connectivity index (χ3v) is 3.89. The lowest BCUT2D eigenvalue weighted by Gasteiger charge is -2.42. The van der Waals surface area contributed by atoms with Crippen LogP contribution in [0.2, 0.25) is 0 Å². The number of rotatable bonds is 3. The fourth-order valence-electron chi connectivity index (χ4n) is 2.60. The van der Waals surface area contributed by atoms with Crippen molar-refractivity contribution in [2.75, 3.05) is 19.0 Å². The number of hydrogen-bond donors (Lipinski definition) is 0. The maximum atomic E-state index is 12.6. The van der Waals surface area contributed by atoms with Gasteiger partial charge in [0.1, 0.15) is 0 Å². The molecular formula is C16H22ClNO2. The molecule has 1 aromatic carbocycles. The summed E-state index contributed by atoms with van der Waals surface area (Å²) in [6.45, 7) is 7.24. The van der Waals surface area contributed by atoms with Crippen molar-refractivity contribution in [3.05, 3.63) is 35.4 Å². The average Bonchev–Trinajstić information content (AvgIpc) is 2.44. The van der Waals surface area contributed by atoms with Gasteiger partial charge in [0, 0.05) is 18.7 Å². The number of hydrogen-bond acceptors (Lipinski definition) is 2. The molecule has 0 aromatic heterocycles. The van der Waals surface area contributed by atoms with Crippen molar-refractivity contribution >= 4 is 17.5 Å². The second kappa shape index (κ2) is 6.15. The molecule has 0 radical (unpaired) electrons. The van der Waals surface area contributed by atoms with Gasteiger partial charge in [-0.25, -0.2) is 0 Å². The van der Waals surface area contributed by atoms with Crippen LogP contribution in [0, 0.1) is 0 Å². The average molecular weight is 296 g/mol. The predicted molar refractivity (Wildman–Crippen MR) is 81.4 cm³/mol. The summed E-state index contributed by atoms with van der Waals surface area (Å²) in [5, 5.41) is 0. The van der Waals surface area contributed by atoms with Gasteiger partial charge in [-0.2, -0.15) is 0 Å². The summed E-state index contributed by atoms with van der Waals surface area (Å²) < 4.78 is 5.85. The van der Waals surface area contributed by atoms with Gasteiger partial charge < -0.3 is 9.64 Å². The van der Waals surface area contributed by atoms with Gasteiger partial charge >= 0.3 is 0 Å². The highest BCUT2D eigenvalue weighted by Gasteiger charge is 2.35. The third kappa shape index (κ3) is 3.53. The van der Waals surface area contributed by atoms with Gasteiger partial charge in [0.05, 0.1) is 17.6 Å². The van der Waals surface area contributed by atoms with Gasteiger partial charge in [0.25, 0.3) is 5.91 Å².